The lowest BCUT2D eigenvalue weighted by molar-refractivity contribution is 0.0786. The molecule has 0 bridgehead atoms. The highest BCUT2D eigenvalue weighted by Gasteiger charge is 2.32. The van der Waals surface area contributed by atoms with Gasteiger partial charge in [-0.25, -0.2) is 8.42 Å². The maximum atomic E-state index is 12.9. The Morgan fingerprint density at radius 1 is 1.12 bits per heavy atom. The van der Waals surface area contributed by atoms with E-state index in [0.717, 1.165) is 24.8 Å². The summed E-state index contributed by atoms with van der Waals surface area (Å²) in [5, 5.41) is 1.68. The fourth-order valence-corrected chi connectivity index (χ4v) is 6.03. The van der Waals surface area contributed by atoms with Crippen molar-refractivity contribution < 1.29 is 13.2 Å². The molecule has 0 N–H and O–H groups in total. The van der Waals surface area contributed by atoms with Crippen LogP contribution < -0.4 is 0 Å². The smallest absolute Gasteiger partial charge is 0.265 e. The summed E-state index contributed by atoms with van der Waals surface area (Å²) in [7, 11) is -1.88. The lowest BCUT2D eigenvalue weighted by Crippen LogP contribution is -2.31. The van der Waals surface area contributed by atoms with Crippen molar-refractivity contribution in [2.75, 3.05) is 20.1 Å². The van der Waals surface area contributed by atoms with E-state index in [-0.39, 0.29) is 10.8 Å². The molecule has 1 aromatic heterocycles. The predicted octanol–water partition coefficient (Wildman–Crippen LogP) is 3.37. The molecule has 2 heterocycles. The Bertz CT molecular complexity index is 866. The lowest BCUT2D eigenvalue weighted by atomic mass is 10.1. The fraction of sp³-hybridized carbons (Fsp3) is 0.421. The van der Waals surface area contributed by atoms with Crippen LogP contribution in [0.2, 0.25) is 0 Å². The normalized spacial score (nSPS) is 15.3. The molecule has 2 aromatic rings. The van der Waals surface area contributed by atoms with Gasteiger partial charge < -0.3 is 4.90 Å². The number of carbonyl (C=O) groups excluding carboxylic acids is 1. The minimum Gasteiger partial charge on any atom is -0.337 e. The molecule has 1 fully saturated rings. The van der Waals surface area contributed by atoms with Crippen molar-refractivity contribution in [2.45, 2.75) is 37.6 Å². The second-order valence-electron chi connectivity index (χ2n) is 6.56. The van der Waals surface area contributed by atoms with Gasteiger partial charge in [0.05, 0.1) is 0 Å². The second kappa shape index (κ2) is 7.90. The number of benzene rings is 1. The highest BCUT2D eigenvalue weighted by molar-refractivity contribution is 7.89. The Hall–Kier alpha value is -1.70. The van der Waals surface area contributed by atoms with Crippen LogP contribution in [-0.4, -0.2) is 43.7 Å². The molecule has 0 radical (unpaired) electrons. The molecule has 0 spiro atoms. The van der Waals surface area contributed by atoms with Gasteiger partial charge in [-0.3, -0.25) is 4.79 Å². The summed E-state index contributed by atoms with van der Waals surface area (Å²) in [5.74, 6) is -0.252. The molecule has 0 aliphatic carbocycles. The lowest BCUT2D eigenvalue weighted by Gasteiger charge is -2.19. The van der Waals surface area contributed by atoms with Crippen LogP contribution in [0.15, 0.2) is 40.6 Å². The van der Waals surface area contributed by atoms with Gasteiger partial charge in [0.25, 0.3) is 5.91 Å². The van der Waals surface area contributed by atoms with Crippen molar-refractivity contribution in [3.05, 3.63) is 51.7 Å². The molecule has 140 valence electrons. The van der Waals surface area contributed by atoms with E-state index in [1.54, 1.807) is 23.4 Å². The predicted molar refractivity (Wildman–Crippen MR) is 104 cm³/mol. The number of thiophene rings is 1. The Morgan fingerprint density at radius 3 is 2.35 bits per heavy atom. The largest absolute Gasteiger partial charge is 0.337 e. The van der Waals surface area contributed by atoms with E-state index >= 15 is 0 Å². The summed E-state index contributed by atoms with van der Waals surface area (Å²) in [6.45, 7) is 3.62. The van der Waals surface area contributed by atoms with Gasteiger partial charge in [0.2, 0.25) is 10.0 Å². The zero-order valence-corrected chi connectivity index (χ0v) is 16.8. The number of amides is 1. The summed E-state index contributed by atoms with van der Waals surface area (Å²) >= 11 is 1.19. The standard InChI is InChI=1S/C19H24N2O3S2/c1-3-15-6-8-16(9-7-15)14-20(2)19(22)18-17(10-13-25-18)26(23,24)21-11-4-5-12-21/h6-10,13H,3-5,11-12,14H2,1-2H3. The molecule has 1 aliphatic heterocycles. The number of carbonyl (C=O) groups is 1. The number of hydrogen-bond donors (Lipinski definition) is 0. The third kappa shape index (κ3) is 3.84. The van der Waals surface area contributed by atoms with E-state index < -0.39 is 10.0 Å². The van der Waals surface area contributed by atoms with Crippen molar-refractivity contribution >= 4 is 27.3 Å². The Labute approximate surface area is 159 Å². The van der Waals surface area contributed by atoms with Gasteiger partial charge in [0.1, 0.15) is 9.77 Å². The number of hydrogen-bond acceptors (Lipinski definition) is 4. The third-order valence-electron chi connectivity index (χ3n) is 4.70. The average molecular weight is 393 g/mol. The van der Waals surface area contributed by atoms with E-state index in [9.17, 15) is 13.2 Å². The highest BCUT2D eigenvalue weighted by Crippen LogP contribution is 2.28. The summed E-state index contributed by atoms with van der Waals surface area (Å²) in [6, 6.07) is 9.69. The Kier molecular flexibility index (Phi) is 5.79. The average Bonchev–Trinajstić information content (AvgIpc) is 3.33. The number of aryl methyl sites for hydroxylation is 1. The van der Waals surface area contributed by atoms with Crippen molar-refractivity contribution in [1.29, 1.82) is 0 Å². The molecule has 5 nitrogen and oxygen atoms in total. The minimum atomic E-state index is -3.59. The number of rotatable bonds is 6. The molecule has 1 amide bonds. The molecular weight excluding hydrogens is 368 g/mol. The first kappa shape index (κ1) is 19.1. The highest BCUT2D eigenvalue weighted by atomic mass is 32.2. The van der Waals surface area contributed by atoms with E-state index in [0.29, 0.717) is 24.5 Å². The monoisotopic (exact) mass is 392 g/mol. The van der Waals surface area contributed by atoms with Crippen LogP contribution in [0.5, 0.6) is 0 Å². The molecule has 0 atom stereocenters. The first-order valence-corrected chi connectivity index (χ1v) is 11.2. The van der Waals surface area contributed by atoms with Crippen LogP contribution in [0.25, 0.3) is 0 Å². The molecule has 1 saturated heterocycles. The molecule has 0 unspecified atom stereocenters. The molecule has 1 aliphatic rings. The van der Waals surface area contributed by atoms with Crippen LogP contribution in [-0.2, 0) is 23.0 Å². The molecule has 1 aromatic carbocycles. The van der Waals surface area contributed by atoms with Crippen LogP contribution in [0, 0.1) is 0 Å². The molecule has 0 saturated carbocycles. The van der Waals surface area contributed by atoms with Crippen LogP contribution in [0.4, 0.5) is 0 Å². The maximum Gasteiger partial charge on any atom is 0.265 e. The zero-order valence-electron chi connectivity index (χ0n) is 15.1. The van der Waals surface area contributed by atoms with Gasteiger partial charge in [0.15, 0.2) is 0 Å². The van der Waals surface area contributed by atoms with E-state index in [1.807, 2.05) is 12.1 Å². The van der Waals surface area contributed by atoms with E-state index in [2.05, 4.69) is 19.1 Å². The summed E-state index contributed by atoms with van der Waals surface area (Å²) in [4.78, 5) is 14.9. The minimum absolute atomic E-state index is 0.141. The SMILES string of the molecule is CCc1ccc(CN(C)C(=O)c2sccc2S(=O)(=O)N2CCCC2)cc1. The zero-order chi connectivity index (χ0) is 18.7. The Balaban J connectivity index is 1.78. The van der Waals surface area contributed by atoms with E-state index in [1.165, 1.54) is 21.2 Å². The fourth-order valence-electron chi connectivity index (χ4n) is 3.12. The Morgan fingerprint density at radius 2 is 1.73 bits per heavy atom. The maximum absolute atomic E-state index is 12.9. The first-order chi connectivity index (χ1) is 12.4. The van der Waals surface area contributed by atoms with Crippen LogP contribution in [0.3, 0.4) is 0 Å². The van der Waals surface area contributed by atoms with Crippen molar-refractivity contribution in [2.24, 2.45) is 0 Å². The van der Waals surface area contributed by atoms with E-state index in [4.69, 9.17) is 0 Å². The van der Waals surface area contributed by atoms with Gasteiger partial charge >= 0.3 is 0 Å². The quantitative estimate of drug-likeness (QED) is 0.757. The van der Waals surface area contributed by atoms with Gasteiger partial charge in [-0.15, -0.1) is 11.3 Å². The van der Waals surface area contributed by atoms with Crippen LogP contribution in [0.1, 0.15) is 40.6 Å². The topological polar surface area (TPSA) is 57.7 Å². The molecular formula is C19H24N2O3S2. The molecule has 7 heteroatoms. The van der Waals surface area contributed by atoms with Crippen LogP contribution >= 0.6 is 11.3 Å². The summed E-state index contributed by atoms with van der Waals surface area (Å²) in [5.41, 5.74) is 2.28. The molecule has 26 heavy (non-hydrogen) atoms. The number of nitrogens with zero attached hydrogens (tertiary/aromatic N) is 2. The van der Waals surface area contributed by atoms with Gasteiger partial charge in [-0.2, -0.15) is 4.31 Å². The number of sulfonamides is 1. The molecule has 3 rings (SSSR count). The third-order valence-corrected chi connectivity index (χ3v) is 7.68. The van der Waals surface area contributed by atoms with Crippen molar-refractivity contribution in [3.8, 4) is 0 Å². The first-order valence-electron chi connectivity index (χ1n) is 8.84. The van der Waals surface area contributed by atoms with Crippen molar-refractivity contribution in [1.82, 2.24) is 9.21 Å². The van der Waals surface area contributed by atoms with Gasteiger partial charge in [0, 0.05) is 26.7 Å². The van der Waals surface area contributed by atoms with Gasteiger partial charge in [-0.1, -0.05) is 31.2 Å². The van der Waals surface area contributed by atoms with Gasteiger partial charge in [-0.05, 0) is 41.8 Å². The second-order valence-corrected chi connectivity index (χ2v) is 9.38. The summed E-state index contributed by atoms with van der Waals surface area (Å²) < 4.78 is 27.1. The van der Waals surface area contributed by atoms with Crippen molar-refractivity contribution in [3.63, 3.8) is 0 Å². The summed E-state index contributed by atoms with van der Waals surface area (Å²) in [6.07, 6.45) is 2.72.